The van der Waals surface area contributed by atoms with Crippen LogP contribution in [-0.4, -0.2) is 24.0 Å². The number of hydrogen-bond acceptors (Lipinski definition) is 8. The Morgan fingerprint density at radius 3 is 1.61 bits per heavy atom. The van der Waals surface area contributed by atoms with Crippen LogP contribution in [0.2, 0.25) is 0 Å². The van der Waals surface area contributed by atoms with Gasteiger partial charge >= 0.3 is 0 Å². The van der Waals surface area contributed by atoms with Crippen molar-refractivity contribution >= 4 is 69.8 Å². The summed E-state index contributed by atoms with van der Waals surface area (Å²) in [5.41, 5.74) is 29.4. The van der Waals surface area contributed by atoms with E-state index in [1.165, 1.54) is 0 Å². The first-order valence-electron chi connectivity index (χ1n) is 8.93. The molecule has 2 aromatic rings. The van der Waals surface area contributed by atoms with Crippen molar-refractivity contribution < 1.29 is 0 Å². The third-order valence-electron chi connectivity index (χ3n) is 4.16. The van der Waals surface area contributed by atoms with Crippen LogP contribution in [0.5, 0.6) is 0 Å². The molecule has 8 heteroatoms. The molecule has 0 aliphatic carbocycles. The number of rotatable bonds is 6. The first-order valence-corrected chi connectivity index (χ1v) is 13.4. The average molecular weight is 457 g/mol. The lowest BCUT2D eigenvalue weighted by Gasteiger charge is -2.14. The Bertz CT molecular complexity index is 782. The summed E-state index contributed by atoms with van der Waals surface area (Å²) in [6.45, 7) is 8.24. The SMILES string of the molecule is CCSc1cc(C)c(N)c(SCC)c1N.CSc1cc(SC)c(N)c(C)c1N. The highest BCUT2D eigenvalue weighted by Crippen LogP contribution is 2.40. The summed E-state index contributed by atoms with van der Waals surface area (Å²) in [6, 6.07) is 4.13. The molecule has 0 amide bonds. The van der Waals surface area contributed by atoms with Crippen molar-refractivity contribution in [3.63, 3.8) is 0 Å². The first-order chi connectivity index (χ1) is 13.2. The second-order valence-electron chi connectivity index (χ2n) is 5.95. The summed E-state index contributed by atoms with van der Waals surface area (Å²) in [4.78, 5) is 4.42. The van der Waals surface area contributed by atoms with Crippen molar-refractivity contribution in [2.24, 2.45) is 0 Å². The minimum Gasteiger partial charge on any atom is -0.398 e. The Morgan fingerprint density at radius 2 is 1.18 bits per heavy atom. The lowest BCUT2D eigenvalue weighted by Crippen LogP contribution is -2.00. The Kier molecular flexibility index (Phi) is 10.7. The van der Waals surface area contributed by atoms with Crippen LogP contribution in [0, 0.1) is 13.8 Å². The number of thioether (sulfide) groups is 4. The maximum atomic E-state index is 6.10. The summed E-state index contributed by atoms with van der Waals surface area (Å²) >= 11 is 6.80. The summed E-state index contributed by atoms with van der Waals surface area (Å²) < 4.78 is 0. The third-order valence-corrected chi connectivity index (χ3v) is 7.67. The molecule has 0 heterocycles. The number of aryl methyl sites for hydroxylation is 1. The van der Waals surface area contributed by atoms with Gasteiger partial charge in [0.25, 0.3) is 0 Å². The molecule has 0 spiro atoms. The van der Waals surface area contributed by atoms with Crippen molar-refractivity contribution in [2.75, 3.05) is 47.0 Å². The van der Waals surface area contributed by atoms with Gasteiger partial charge in [-0.1, -0.05) is 13.8 Å². The fourth-order valence-electron chi connectivity index (χ4n) is 2.49. The van der Waals surface area contributed by atoms with Gasteiger partial charge in [-0.15, -0.1) is 47.0 Å². The largest absolute Gasteiger partial charge is 0.398 e. The van der Waals surface area contributed by atoms with E-state index < -0.39 is 0 Å². The topological polar surface area (TPSA) is 104 Å². The zero-order valence-corrected chi connectivity index (χ0v) is 20.8. The van der Waals surface area contributed by atoms with E-state index in [-0.39, 0.29) is 0 Å². The lowest BCUT2D eigenvalue weighted by molar-refractivity contribution is 1.27. The van der Waals surface area contributed by atoms with E-state index in [0.717, 1.165) is 65.0 Å². The molecular weight excluding hydrogens is 425 g/mol. The molecule has 0 radical (unpaired) electrons. The molecule has 2 rings (SSSR count). The van der Waals surface area contributed by atoms with Gasteiger partial charge < -0.3 is 22.9 Å². The molecule has 0 bridgehead atoms. The van der Waals surface area contributed by atoms with Crippen LogP contribution in [0.1, 0.15) is 25.0 Å². The van der Waals surface area contributed by atoms with E-state index in [4.69, 9.17) is 22.9 Å². The lowest BCUT2D eigenvalue weighted by atomic mass is 10.1. The van der Waals surface area contributed by atoms with Crippen LogP contribution in [-0.2, 0) is 0 Å². The molecule has 0 aliphatic heterocycles. The van der Waals surface area contributed by atoms with Crippen molar-refractivity contribution in [3.05, 3.63) is 23.3 Å². The number of nitrogen functional groups attached to an aromatic ring is 4. The normalized spacial score (nSPS) is 10.5. The highest BCUT2D eigenvalue weighted by Gasteiger charge is 2.12. The monoisotopic (exact) mass is 456 g/mol. The Balaban J connectivity index is 0.000000283. The molecule has 2 aromatic carbocycles. The molecule has 8 N–H and O–H groups in total. The molecular formula is C20H32N4S4. The molecule has 0 saturated carbocycles. The predicted molar refractivity (Wildman–Crippen MR) is 136 cm³/mol. The number of hydrogen-bond donors (Lipinski definition) is 4. The minimum atomic E-state index is 0.808. The first kappa shape index (κ1) is 25.1. The van der Waals surface area contributed by atoms with E-state index in [1.54, 1.807) is 47.0 Å². The van der Waals surface area contributed by atoms with Crippen molar-refractivity contribution in [2.45, 2.75) is 47.3 Å². The summed E-state index contributed by atoms with van der Waals surface area (Å²) in [5.74, 6) is 2.03. The van der Waals surface area contributed by atoms with E-state index in [2.05, 4.69) is 19.9 Å². The van der Waals surface area contributed by atoms with Crippen LogP contribution in [0.15, 0.2) is 31.7 Å². The second-order valence-corrected chi connectivity index (χ2v) is 10.2. The van der Waals surface area contributed by atoms with Gasteiger partial charge in [0.05, 0.1) is 27.6 Å². The summed E-state index contributed by atoms with van der Waals surface area (Å²) in [5, 5.41) is 0. The van der Waals surface area contributed by atoms with Crippen molar-refractivity contribution in [3.8, 4) is 0 Å². The quantitative estimate of drug-likeness (QED) is 0.310. The summed E-state index contributed by atoms with van der Waals surface area (Å²) in [6.07, 6.45) is 4.04. The smallest absolute Gasteiger partial charge is 0.0611 e. The second kappa shape index (κ2) is 11.9. The van der Waals surface area contributed by atoms with Gasteiger partial charge in [0.2, 0.25) is 0 Å². The molecule has 0 unspecified atom stereocenters. The third kappa shape index (κ3) is 6.02. The van der Waals surface area contributed by atoms with Gasteiger partial charge in [-0.05, 0) is 61.1 Å². The number of anilines is 4. The zero-order valence-electron chi connectivity index (χ0n) is 17.5. The maximum Gasteiger partial charge on any atom is 0.0611 e. The van der Waals surface area contributed by atoms with Gasteiger partial charge in [0.1, 0.15) is 0 Å². The average Bonchev–Trinajstić information content (AvgIpc) is 2.68. The van der Waals surface area contributed by atoms with Crippen LogP contribution >= 0.6 is 47.0 Å². The van der Waals surface area contributed by atoms with Crippen LogP contribution in [0.3, 0.4) is 0 Å². The molecule has 4 nitrogen and oxygen atoms in total. The van der Waals surface area contributed by atoms with Crippen molar-refractivity contribution in [1.29, 1.82) is 0 Å². The highest BCUT2D eigenvalue weighted by atomic mass is 32.2. The standard InChI is InChI=1S/C11H18N2S2.C9H14N2S2/c1-4-14-8-6-7(3)9(12)11(10(8)13)15-5-2;1-5-8(10)6(12-2)4-7(13-3)9(5)11/h6H,4-5,12-13H2,1-3H3;4H,10-11H2,1-3H3. The van der Waals surface area contributed by atoms with Gasteiger partial charge in [-0.2, -0.15) is 0 Å². The van der Waals surface area contributed by atoms with Crippen molar-refractivity contribution in [1.82, 2.24) is 0 Å². The Labute approximate surface area is 186 Å². The predicted octanol–water partition coefficient (Wildman–Crippen LogP) is 5.99. The Morgan fingerprint density at radius 1 is 0.679 bits per heavy atom. The van der Waals surface area contributed by atoms with Gasteiger partial charge in [-0.25, -0.2) is 0 Å². The van der Waals surface area contributed by atoms with E-state index in [0.29, 0.717) is 0 Å². The van der Waals surface area contributed by atoms with Gasteiger partial charge in [-0.3, -0.25) is 0 Å². The zero-order chi connectivity index (χ0) is 21.4. The molecule has 0 fully saturated rings. The molecule has 0 aliphatic rings. The summed E-state index contributed by atoms with van der Waals surface area (Å²) in [7, 11) is 0. The van der Waals surface area contributed by atoms with Gasteiger partial charge in [0, 0.05) is 14.7 Å². The van der Waals surface area contributed by atoms with E-state index >= 15 is 0 Å². The molecule has 0 saturated heterocycles. The Hall–Kier alpha value is -0.960. The molecule has 0 aromatic heterocycles. The fourth-order valence-corrected chi connectivity index (χ4v) is 5.55. The highest BCUT2D eigenvalue weighted by molar-refractivity contribution is 8.00. The number of nitrogens with two attached hydrogens (primary N) is 4. The maximum absolute atomic E-state index is 6.10. The van der Waals surface area contributed by atoms with Crippen LogP contribution in [0.4, 0.5) is 22.7 Å². The molecule has 156 valence electrons. The van der Waals surface area contributed by atoms with Crippen LogP contribution in [0.25, 0.3) is 0 Å². The van der Waals surface area contributed by atoms with E-state index in [9.17, 15) is 0 Å². The minimum absolute atomic E-state index is 0.808. The van der Waals surface area contributed by atoms with Crippen LogP contribution < -0.4 is 22.9 Å². The molecule has 28 heavy (non-hydrogen) atoms. The molecule has 0 atom stereocenters. The van der Waals surface area contributed by atoms with Gasteiger partial charge in [0.15, 0.2) is 0 Å². The number of benzene rings is 2. The fraction of sp³-hybridized carbons (Fsp3) is 0.400. The van der Waals surface area contributed by atoms with E-state index in [1.807, 2.05) is 32.4 Å².